The molecule has 0 aliphatic carbocycles. The standard InChI is InChI=1S/C27H33NO/c1-6-28(5)18-17-22(3)21(2)15-16-23(4)27(19-24-11-8-7-9-12-24)25-13-10-14-26(29)20-25/h7-16,19-20,22,29H,2,4,6,17-18H2,1,3,5H3/b16-15-,27-19+. The summed E-state index contributed by atoms with van der Waals surface area (Å²) < 4.78 is 0. The molecule has 1 atom stereocenters. The summed E-state index contributed by atoms with van der Waals surface area (Å²) in [6, 6.07) is 17.4. The Morgan fingerprint density at radius 3 is 2.45 bits per heavy atom. The van der Waals surface area contributed by atoms with Crippen LogP contribution in [0.1, 0.15) is 31.4 Å². The third-order valence-corrected chi connectivity index (χ3v) is 5.23. The summed E-state index contributed by atoms with van der Waals surface area (Å²) in [4.78, 5) is 2.31. The van der Waals surface area contributed by atoms with Gasteiger partial charge in [0.25, 0.3) is 0 Å². The monoisotopic (exact) mass is 387 g/mol. The van der Waals surface area contributed by atoms with Crippen LogP contribution in [0.3, 0.4) is 0 Å². The molecule has 0 spiro atoms. The summed E-state index contributed by atoms with van der Waals surface area (Å²) in [6.07, 6.45) is 7.28. The van der Waals surface area contributed by atoms with Crippen molar-refractivity contribution in [2.75, 3.05) is 20.1 Å². The molecule has 0 saturated carbocycles. The third kappa shape index (κ3) is 7.24. The second-order valence-electron chi connectivity index (χ2n) is 7.54. The molecule has 2 rings (SSSR count). The van der Waals surface area contributed by atoms with E-state index in [1.807, 2.05) is 36.4 Å². The van der Waals surface area contributed by atoms with E-state index in [2.05, 4.69) is 63.2 Å². The molecule has 0 aromatic heterocycles. The van der Waals surface area contributed by atoms with Crippen molar-refractivity contribution < 1.29 is 5.11 Å². The van der Waals surface area contributed by atoms with E-state index in [1.54, 1.807) is 12.1 Å². The molecule has 29 heavy (non-hydrogen) atoms. The van der Waals surface area contributed by atoms with Crippen molar-refractivity contribution in [3.63, 3.8) is 0 Å². The maximum absolute atomic E-state index is 9.93. The topological polar surface area (TPSA) is 23.5 Å². The quantitative estimate of drug-likeness (QED) is 0.368. The van der Waals surface area contributed by atoms with E-state index < -0.39 is 0 Å². The van der Waals surface area contributed by atoms with Gasteiger partial charge in [-0.25, -0.2) is 0 Å². The Morgan fingerprint density at radius 1 is 1.07 bits per heavy atom. The van der Waals surface area contributed by atoms with Crippen LogP contribution in [0.25, 0.3) is 11.6 Å². The summed E-state index contributed by atoms with van der Waals surface area (Å²) in [5.74, 6) is 0.659. The smallest absolute Gasteiger partial charge is 0.116 e. The van der Waals surface area contributed by atoms with E-state index in [0.29, 0.717) is 5.92 Å². The van der Waals surface area contributed by atoms with Gasteiger partial charge in [-0.05, 0) is 73.0 Å². The lowest BCUT2D eigenvalue weighted by Gasteiger charge is -2.18. The molecule has 2 nitrogen and oxygen atoms in total. The molecule has 0 saturated heterocycles. The van der Waals surface area contributed by atoms with E-state index in [9.17, 15) is 5.11 Å². The second-order valence-corrected chi connectivity index (χ2v) is 7.54. The average molecular weight is 388 g/mol. The average Bonchev–Trinajstić information content (AvgIpc) is 2.74. The van der Waals surface area contributed by atoms with Gasteiger partial charge < -0.3 is 10.0 Å². The molecule has 2 aromatic carbocycles. The zero-order valence-electron chi connectivity index (χ0n) is 17.9. The number of allylic oxidation sites excluding steroid dienone is 5. The van der Waals surface area contributed by atoms with Crippen molar-refractivity contribution in [2.24, 2.45) is 5.92 Å². The Balaban J connectivity index is 2.20. The maximum Gasteiger partial charge on any atom is 0.116 e. The first-order valence-electron chi connectivity index (χ1n) is 10.2. The van der Waals surface area contributed by atoms with Crippen LogP contribution in [-0.2, 0) is 0 Å². The van der Waals surface area contributed by atoms with Crippen molar-refractivity contribution in [1.82, 2.24) is 4.90 Å². The van der Waals surface area contributed by atoms with E-state index in [0.717, 1.165) is 47.4 Å². The van der Waals surface area contributed by atoms with Crippen LogP contribution in [-0.4, -0.2) is 30.1 Å². The zero-order valence-corrected chi connectivity index (χ0v) is 17.9. The molecule has 1 N–H and O–H groups in total. The predicted octanol–water partition coefficient (Wildman–Crippen LogP) is 6.58. The van der Waals surface area contributed by atoms with Crippen molar-refractivity contribution in [3.05, 3.63) is 102 Å². The molecule has 0 amide bonds. The van der Waals surface area contributed by atoms with E-state index >= 15 is 0 Å². The zero-order chi connectivity index (χ0) is 21.2. The number of nitrogens with zero attached hydrogens (tertiary/aromatic N) is 1. The van der Waals surface area contributed by atoms with Gasteiger partial charge in [0.15, 0.2) is 0 Å². The number of benzene rings is 2. The number of hydrogen-bond acceptors (Lipinski definition) is 2. The summed E-state index contributed by atoms with van der Waals surface area (Å²) in [6.45, 7) is 15.1. The van der Waals surface area contributed by atoms with Gasteiger partial charge in [-0.2, -0.15) is 0 Å². The minimum Gasteiger partial charge on any atom is -0.508 e. The fraction of sp³-hybridized carbons (Fsp3) is 0.259. The minimum atomic E-state index is 0.247. The SMILES string of the molecule is C=C(/C=C\C(=C)C(C)CCN(C)CC)/C(=C\c1ccccc1)c1cccc(O)c1. The third-order valence-electron chi connectivity index (χ3n) is 5.23. The first kappa shape index (κ1) is 22.4. The number of phenols is 1. The van der Waals surface area contributed by atoms with Gasteiger partial charge >= 0.3 is 0 Å². The highest BCUT2D eigenvalue weighted by atomic mass is 16.3. The van der Waals surface area contributed by atoms with Crippen molar-refractivity contribution in [1.29, 1.82) is 0 Å². The van der Waals surface area contributed by atoms with E-state index in [1.165, 1.54) is 0 Å². The highest BCUT2D eigenvalue weighted by Crippen LogP contribution is 2.28. The van der Waals surface area contributed by atoms with E-state index in [4.69, 9.17) is 0 Å². The number of aromatic hydroxyl groups is 1. The van der Waals surface area contributed by atoms with Crippen LogP contribution in [0.2, 0.25) is 0 Å². The highest BCUT2D eigenvalue weighted by molar-refractivity contribution is 5.92. The summed E-state index contributed by atoms with van der Waals surface area (Å²) >= 11 is 0. The normalized spacial score (nSPS) is 13.0. The minimum absolute atomic E-state index is 0.247. The van der Waals surface area contributed by atoms with Crippen molar-refractivity contribution in [3.8, 4) is 5.75 Å². The van der Waals surface area contributed by atoms with Gasteiger partial charge in [-0.1, -0.05) is 87.2 Å². The first-order valence-corrected chi connectivity index (χ1v) is 10.2. The van der Waals surface area contributed by atoms with Gasteiger partial charge in [-0.3, -0.25) is 0 Å². The van der Waals surface area contributed by atoms with Crippen LogP contribution in [0.15, 0.2) is 91.1 Å². The lowest BCUT2D eigenvalue weighted by Crippen LogP contribution is -2.20. The van der Waals surface area contributed by atoms with Crippen LogP contribution >= 0.6 is 0 Å². The number of rotatable bonds is 10. The Hall–Kier alpha value is -2.84. The molecule has 0 heterocycles. The molecular weight excluding hydrogens is 354 g/mol. The molecule has 0 aliphatic heterocycles. The fourth-order valence-electron chi connectivity index (χ4n) is 2.97. The number of hydrogen-bond donors (Lipinski definition) is 1. The van der Waals surface area contributed by atoms with Crippen LogP contribution in [0.4, 0.5) is 0 Å². The maximum atomic E-state index is 9.93. The molecule has 2 aromatic rings. The van der Waals surface area contributed by atoms with Gasteiger partial charge in [0.05, 0.1) is 0 Å². The number of phenolic OH excluding ortho intramolecular Hbond substituents is 1. The fourth-order valence-corrected chi connectivity index (χ4v) is 2.97. The molecular formula is C27H33NO. The molecule has 0 aliphatic rings. The van der Waals surface area contributed by atoms with Gasteiger partial charge in [-0.15, -0.1) is 0 Å². The predicted molar refractivity (Wildman–Crippen MR) is 127 cm³/mol. The molecule has 152 valence electrons. The van der Waals surface area contributed by atoms with Crippen molar-refractivity contribution >= 4 is 11.6 Å². The molecule has 0 fully saturated rings. The molecule has 1 unspecified atom stereocenters. The van der Waals surface area contributed by atoms with Gasteiger partial charge in [0.2, 0.25) is 0 Å². The van der Waals surface area contributed by atoms with Crippen molar-refractivity contribution in [2.45, 2.75) is 20.3 Å². The van der Waals surface area contributed by atoms with E-state index in [-0.39, 0.29) is 5.75 Å². The lowest BCUT2D eigenvalue weighted by molar-refractivity contribution is 0.331. The molecule has 2 heteroatoms. The van der Waals surface area contributed by atoms with Gasteiger partial charge in [0, 0.05) is 0 Å². The summed E-state index contributed by atoms with van der Waals surface area (Å²) in [5.41, 5.74) is 5.00. The van der Waals surface area contributed by atoms with Crippen LogP contribution in [0.5, 0.6) is 5.75 Å². The summed E-state index contributed by atoms with van der Waals surface area (Å²) in [7, 11) is 2.14. The van der Waals surface area contributed by atoms with Crippen LogP contribution < -0.4 is 0 Å². The Bertz CT molecular complexity index is 876. The summed E-state index contributed by atoms with van der Waals surface area (Å²) in [5, 5.41) is 9.93. The van der Waals surface area contributed by atoms with Crippen LogP contribution in [0, 0.1) is 5.92 Å². The lowest BCUT2D eigenvalue weighted by atomic mass is 9.93. The highest BCUT2D eigenvalue weighted by Gasteiger charge is 2.08. The largest absolute Gasteiger partial charge is 0.508 e. The second kappa shape index (κ2) is 11.2. The molecule has 0 radical (unpaired) electrons. The first-order chi connectivity index (χ1) is 13.9. The Kier molecular flexibility index (Phi) is 8.69. The Labute approximate surface area is 176 Å². The molecule has 0 bridgehead atoms. The van der Waals surface area contributed by atoms with Gasteiger partial charge in [0.1, 0.15) is 5.75 Å². The Morgan fingerprint density at radius 2 is 1.79 bits per heavy atom.